The third-order valence-electron chi connectivity index (χ3n) is 5.81. The van der Waals surface area contributed by atoms with Crippen molar-refractivity contribution >= 4 is 17.8 Å². The van der Waals surface area contributed by atoms with Gasteiger partial charge < -0.3 is 19.9 Å². The van der Waals surface area contributed by atoms with Crippen molar-refractivity contribution in [1.29, 1.82) is 0 Å². The lowest BCUT2D eigenvalue weighted by molar-refractivity contribution is -0.112. The van der Waals surface area contributed by atoms with Gasteiger partial charge in [-0.15, -0.1) is 0 Å². The van der Waals surface area contributed by atoms with Crippen LogP contribution in [0.2, 0.25) is 0 Å². The predicted octanol–water partition coefficient (Wildman–Crippen LogP) is 3.68. The van der Waals surface area contributed by atoms with Crippen LogP contribution in [-0.2, 0) is 11.2 Å². The van der Waals surface area contributed by atoms with Crippen LogP contribution in [0.3, 0.4) is 0 Å². The SMILES string of the molecule is CC(C)O.CC1Cc2cc(NC(=O)C3=C4N=CC=CN4NC3)c(OC3CCCCC3)cc2O1. The van der Waals surface area contributed by atoms with Gasteiger partial charge in [0, 0.05) is 43.1 Å². The maximum atomic E-state index is 13.1. The second-order valence-electron chi connectivity index (χ2n) is 9.14. The van der Waals surface area contributed by atoms with Gasteiger partial charge in [0.2, 0.25) is 0 Å². The fourth-order valence-corrected chi connectivity index (χ4v) is 4.35. The highest BCUT2D eigenvalue weighted by molar-refractivity contribution is 6.06. The van der Waals surface area contributed by atoms with Crippen LogP contribution in [0.1, 0.15) is 58.4 Å². The Bertz CT molecular complexity index is 961. The zero-order valence-corrected chi connectivity index (χ0v) is 19.6. The van der Waals surface area contributed by atoms with Crippen molar-refractivity contribution in [3.63, 3.8) is 0 Å². The molecule has 0 aromatic heterocycles. The van der Waals surface area contributed by atoms with Gasteiger partial charge in [-0.2, -0.15) is 0 Å². The van der Waals surface area contributed by atoms with Gasteiger partial charge in [-0.3, -0.25) is 9.80 Å². The first kappa shape index (κ1) is 23.3. The Morgan fingerprint density at radius 3 is 2.82 bits per heavy atom. The van der Waals surface area contributed by atoms with Crippen molar-refractivity contribution in [1.82, 2.24) is 10.4 Å². The summed E-state index contributed by atoms with van der Waals surface area (Å²) in [5, 5.41) is 12.9. The molecule has 1 unspecified atom stereocenters. The molecule has 1 aromatic carbocycles. The second-order valence-corrected chi connectivity index (χ2v) is 9.14. The van der Waals surface area contributed by atoms with Crippen LogP contribution in [0.4, 0.5) is 5.69 Å². The van der Waals surface area contributed by atoms with Crippen LogP contribution in [0, 0.1) is 0 Å². The molecule has 0 saturated heterocycles. The summed E-state index contributed by atoms with van der Waals surface area (Å²) in [5.74, 6) is 2.03. The first-order chi connectivity index (χ1) is 15.9. The number of rotatable bonds is 4. The molecule has 1 aliphatic carbocycles. The minimum Gasteiger partial charge on any atom is -0.490 e. The van der Waals surface area contributed by atoms with Crippen molar-refractivity contribution in [3.8, 4) is 11.5 Å². The number of hydrogen-bond donors (Lipinski definition) is 3. The van der Waals surface area contributed by atoms with E-state index in [4.69, 9.17) is 14.6 Å². The van der Waals surface area contributed by atoms with Crippen molar-refractivity contribution in [2.45, 2.75) is 77.6 Å². The highest BCUT2D eigenvalue weighted by Gasteiger charge is 2.29. The normalized spacial score (nSPS) is 21.4. The number of fused-ring (bicyclic) bond motifs is 2. The zero-order valence-electron chi connectivity index (χ0n) is 19.6. The van der Waals surface area contributed by atoms with Crippen LogP contribution in [0.5, 0.6) is 11.5 Å². The van der Waals surface area contributed by atoms with Crippen LogP contribution in [-0.4, -0.2) is 47.1 Å². The van der Waals surface area contributed by atoms with Gasteiger partial charge in [0.05, 0.1) is 17.4 Å². The molecule has 1 atom stereocenters. The van der Waals surface area contributed by atoms with Crippen molar-refractivity contribution in [2.24, 2.45) is 4.99 Å². The molecule has 0 spiro atoms. The number of aliphatic hydroxyl groups is 1. The third kappa shape index (κ3) is 5.75. The minimum absolute atomic E-state index is 0.138. The minimum atomic E-state index is -0.167. The average molecular weight is 455 g/mol. The van der Waals surface area contributed by atoms with Crippen molar-refractivity contribution in [2.75, 3.05) is 11.9 Å². The largest absolute Gasteiger partial charge is 0.490 e. The fourth-order valence-electron chi connectivity index (χ4n) is 4.35. The molecule has 3 aliphatic heterocycles. The fraction of sp³-hybridized carbons (Fsp3) is 0.520. The van der Waals surface area contributed by atoms with Gasteiger partial charge in [-0.25, -0.2) is 10.4 Å². The Morgan fingerprint density at radius 2 is 2.06 bits per heavy atom. The van der Waals surface area contributed by atoms with Gasteiger partial charge >= 0.3 is 0 Å². The lowest BCUT2D eigenvalue weighted by Crippen LogP contribution is -2.27. The van der Waals surface area contributed by atoms with E-state index in [9.17, 15) is 4.79 Å². The molecule has 0 bridgehead atoms. The molecule has 4 aliphatic rings. The predicted molar refractivity (Wildman–Crippen MR) is 128 cm³/mol. The highest BCUT2D eigenvalue weighted by Crippen LogP contribution is 2.40. The van der Waals surface area contributed by atoms with E-state index >= 15 is 0 Å². The quantitative estimate of drug-likeness (QED) is 0.643. The molecule has 1 aromatic rings. The molecule has 1 amide bonds. The molecule has 5 rings (SSSR count). The number of aliphatic hydroxyl groups excluding tert-OH is 1. The van der Waals surface area contributed by atoms with Gasteiger partial charge in [0.25, 0.3) is 5.91 Å². The molecule has 3 N–H and O–H groups in total. The number of hydrazine groups is 1. The standard InChI is InChI=1S/C22H26N4O3.C3H8O/c1-14-10-15-11-18(20(12-19(15)28-14)29-16-6-3-2-4-7-16)25-22(27)17-13-24-26-9-5-8-23-21(17)26;1-3(2)4/h5,8-9,11-12,14,16,24H,2-4,6-7,10,13H2,1H3,(H,25,27);3-4H,1-2H3. The molecular weight excluding hydrogens is 420 g/mol. The second kappa shape index (κ2) is 10.4. The number of ether oxygens (including phenoxy) is 2. The molecule has 8 nitrogen and oxygen atoms in total. The number of allylic oxidation sites excluding steroid dienone is 1. The summed E-state index contributed by atoms with van der Waals surface area (Å²) in [7, 11) is 0. The third-order valence-corrected chi connectivity index (χ3v) is 5.81. The Labute approximate surface area is 195 Å². The number of carbonyl (C=O) groups excluding carboxylic acids is 1. The van der Waals surface area contributed by atoms with Gasteiger partial charge in [-0.1, -0.05) is 6.42 Å². The Morgan fingerprint density at radius 1 is 1.30 bits per heavy atom. The summed E-state index contributed by atoms with van der Waals surface area (Å²) in [6.07, 6.45) is 12.1. The number of amides is 1. The first-order valence-electron chi connectivity index (χ1n) is 11.9. The summed E-state index contributed by atoms with van der Waals surface area (Å²) in [6, 6.07) is 3.95. The van der Waals surface area contributed by atoms with Crippen LogP contribution in [0.15, 0.2) is 40.8 Å². The summed E-state index contributed by atoms with van der Waals surface area (Å²) in [5.41, 5.74) is 5.57. The number of carbonyl (C=O) groups is 1. The molecule has 1 fully saturated rings. The van der Waals surface area contributed by atoms with Gasteiger partial charge in [0.1, 0.15) is 17.6 Å². The summed E-state index contributed by atoms with van der Waals surface area (Å²) in [6.45, 7) is 5.94. The van der Waals surface area contributed by atoms with Crippen molar-refractivity contribution < 1.29 is 19.4 Å². The number of benzene rings is 1. The first-order valence-corrected chi connectivity index (χ1v) is 11.9. The van der Waals surface area contributed by atoms with Crippen molar-refractivity contribution in [3.05, 3.63) is 41.4 Å². The molecule has 0 radical (unpaired) electrons. The van der Waals surface area contributed by atoms with E-state index in [1.165, 1.54) is 19.3 Å². The van der Waals surface area contributed by atoms with E-state index in [2.05, 4.69) is 22.7 Å². The topological polar surface area (TPSA) is 95.4 Å². The maximum Gasteiger partial charge on any atom is 0.256 e. The molecular formula is C25H34N4O4. The highest BCUT2D eigenvalue weighted by atomic mass is 16.5. The lowest BCUT2D eigenvalue weighted by Gasteiger charge is -2.25. The molecule has 8 heteroatoms. The summed E-state index contributed by atoms with van der Waals surface area (Å²) < 4.78 is 12.3. The average Bonchev–Trinajstić information content (AvgIpc) is 3.36. The Balaban J connectivity index is 0.000000601. The molecule has 3 heterocycles. The number of aliphatic imine (C=N–C) groups is 1. The van der Waals surface area contributed by atoms with E-state index in [-0.39, 0.29) is 24.2 Å². The Kier molecular flexibility index (Phi) is 7.35. The molecule has 1 saturated carbocycles. The Hall–Kier alpha value is -2.84. The summed E-state index contributed by atoms with van der Waals surface area (Å²) >= 11 is 0. The molecule has 178 valence electrons. The number of nitrogens with one attached hydrogen (secondary N) is 2. The van der Waals surface area contributed by atoms with Crippen LogP contribution < -0.4 is 20.2 Å². The van der Waals surface area contributed by atoms with Gasteiger partial charge in [0.15, 0.2) is 5.82 Å². The van der Waals surface area contributed by atoms with E-state index in [1.807, 2.05) is 24.4 Å². The van der Waals surface area contributed by atoms with Gasteiger partial charge in [-0.05, 0) is 58.6 Å². The van der Waals surface area contributed by atoms with Crippen LogP contribution >= 0.6 is 0 Å². The van der Waals surface area contributed by atoms with E-state index < -0.39 is 0 Å². The lowest BCUT2D eigenvalue weighted by atomic mass is 9.97. The van der Waals surface area contributed by atoms with Crippen LogP contribution in [0.25, 0.3) is 0 Å². The summed E-state index contributed by atoms with van der Waals surface area (Å²) in [4.78, 5) is 17.4. The molecule has 33 heavy (non-hydrogen) atoms. The van der Waals surface area contributed by atoms with E-state index in [1.54, 1.807) is 25.1 Å². The monoisotopic (exact) mass is 454 g/mol. The smallest absolute Gasteiger partial charge is 0.256 e. The number of anilines is 1. The number of hydrogen-bond acceptors (Lipinski definition) is 7. The zero-order chi connectivity index (χ0) is 23.4. The number of nitrogens with zero attached hydrogens (tertiary/aromatic N) is 2. The van der Waals surface area contributed by atoms with E-state index in [0.717, 1.165) is 30.6 Å². The maximum absolute atomic E-state index is 13.1. The van der Waals surface area contributed by atoms with E-state index in [0.29, 0.717) is 29.4 Å².